The van der Waals surface area contributed by atoms with E-state index in [9.17, 15) is 53.1 Å². The first kappa shape index (κ1) is 53.1. The molecule has 0 spiro atoms. The molecular weight excluding hydrogens is 859 g/mol. The number of amides is 9. The van der Waals surface area contributed by atoms with Gasteiger partial charge in [-0.3, -0.25) is 53.1 Å². The third-order valence-electron chi connectivity index (χ3n) is 8.71. The summed E-state index contributed by atoms with van der Waals surface area (Å²) < 4.78 is 0. The molecule has 28 heteroatoms. The van der Waals surface area contributed by atoms with Gasteiger partial charge in [-0.1, -0.05) is 18.2 Å². The number of aromatic amines is 1. The molecule has 21 N–H and O–H groups in total. The number of nitrogens with two attached hydrogens (primary N) is 5. The molecule has 3 atom stereocenters. The number of carbonyl (C=O) groups is 10. The maximum atomic E-state index is 13.3. The fourth-order valence-corrected chi connectivity index (χ4v) is 5.43. The van der Waals surface area contributed by atoms with Crippen molar-refractivity contribution in [1.29, 1.82) is 0 Å². The summed E-state index contributed by atoms with van der Waals surface area (Å²) in [5, 5.41) is 30.9. The number of hydrogen-bond donors (Lipinski definition) is 16. The van der Waals surface area contributed by atoms with Gasteiger partial charge in [-0.2, -0.15) is 0 Å². The number of guanidine groups is 2. The minimum atomic E-state index is -1.31. The number of fused-ring (bicyclic) bond motifs is 1. The molecule has 9 amide bonds. The Morgan fingerprint density at radius 1 is 0.554 bits per heavy atom. The van der Waals surface area contributed by atoms with Gasteiger partial charge in [-0.15, -0.1) is 0 Å². The summed E-state index contributed by atoms with van der Waals surface area (Å²) in [6, 6.07) is 3.69. The Bertz CT molecular complexity index is 2070. The van der Waals surface area contributed by atoms with E-state index < -0.39 is 123 Å². The van der Waals surface area contributed by atoms with E-state index in [1.807, 2.05) is 0 Å². The van der Waals surface area contributed by atoms with Crippen LogP contribution in [-0.2, 0) is 54.4 Å². The van der Waals surface area contributed by atoms with Gasteiger partial charge >= 0.3 is 5.97 Å². The lowest BCUT2D eigenvalue weighted by molar-refractivity contribution is -0.142. The molecule has 1 heterocycles. The lowest BCUT2D eigenvalue weighted by atomic mass is 10.0. The van der Waals surface area contributed by atoms with E-state index in [1.165, 1.54) is 0 Å². The van der Waals surface area contributed by atoms with E-state index in [4.69, 9.17) is 28.7 Å². The van der Waals surface area contributed by atoms with Crippen LogP contribution in [0, 0.1) is 0 Å². The second kappa shape index (κ2) is 28.5. The third-order valence-corrected chi connectivity index (χ3v) is 8.71. The predicted octanol–water partition coefficient (Wildman–Crippen LogP) is -7.99. The molecule has 0 fully saturated rings. The molecular formula is C37H57N17O11. The van der Waals surface area contributed by atoms with Gasteiger partial charge in [0.2, 0.25) is 53.2 Å². The van der Waals surface area contributed by atoms with Crippen molar-refractivity contribution in [2.45, 2.75) is 50.2 Å². The number of nitrogens with zero attached hydrogens (tertiary/aromatic N) is 2. The van der Waals surface area contributed by atoms with Gasteiger partial charge in [0.1, 0.15) is 12.1 Å². The fourth-order valence-electron chi connectivity index (χ4n) is 5.43. The van der Waals surface area contributed by atoms with Crippen LogP contribution in [-0.4, -0.2) is 158 Å². The van der Waals surface area contributed by atoms with Crippen molar-refractivity contribution >= 4 is 82.0 Å². The minimum Gasteiger partial charge on any atom is -0.480 e. The molecule has 0 bridgehead atoms. The van der Waals surface area contributed by atoms with Crippen molar-refractivity contribution in [3.63, 3.8) is 0 Å². The Morgan fingerprint density at radius 2 is 0.969 bits per heavy atom. The van der Waals surface area contributed by atoms with E-state index in [2.05, 4.69) is 62.8 Å². The van der Waals surface area contributed by atoms with E-state index in [-0.39, 0.29) is 50.7 Å². The topological polar surface area (TPSA) is 470 Å². The van der Waals surface area contributed by atoms with Crippen molar-refractivity contribution in [2.75, 3.05) is 58.9 Å². The van der Waals surface area contributed by atoms with Gasteiger partial charge in [0, 0.05) is 36.6 Å². The lowest BCUT2D eigenvalue weighted by Crippen LogP contribution is -2.53. The van der Waals surface area contributed by atoms with Crippen LogP contribution < -0.4 is 76.5 Å². The SMILES string of the molecule is NC(N)=NCCC[C@H](NC(=O)CNC(=O)CNC(=O)[C@H](Cc1c[nH]c2ccccc12)NC(=O)CNC(=O)CNC(=O)CNC(=O)CNC(=O)CNC(=O)[C@@H](N)CCCN=C(N)N)C(=O)O. The zero-order valence-electron chi connectivity index (χ0n) is 35.3. The summed E-state index contributed by atoms with van der Waals surface area (Å²) >= 11 is 0. The number of carbonyl (C=O) groups excluding carboxylic acids is 9. The molecule has 0 saturated heterocycles. The van der Waals surface area contributed by atoms with Crippen LogP contribution in [0.5, 0.6) is 0 Å². The number of aliphatic imine (C=N–C) groups is 2. The number of para-hydroxylation sites is 1. The highest BCUT2D eigenvalue weighted by Gasteiger charge is 2.24. The van der Waals surface area contributed by atoms with E-state index >= 15 is 0 Å². The number of benzene rings is 1. The summed E-state index contributed by atoms with van der Waals surface area (Å²) in [7, 11) is 0. The number of aliphatic carboxylic acids is 1. The third kappa shape index (κ3) is 22.6. The molecule has 0 aliphatic carbocycles. The highest BCUT2D eigenvalue weighted by molar-refractivity contribution is 5.95. The summed E-state index contributed by atoms with van der Waals surface area (Å²) in [6.45, 7) is -3.62. The molecule has 2 rings (SSSR count). The number of aromatic nitrogens is 1. The van der Waals surface area contributed by atoms with Gasteiger partial charge in [0.25, 0.3) is 0 Å². The van der Waals surface area contributed by atoms with Crippen LogP contribution >= 0.6 is 0 Å². The van der Waals surface area contributed by atoms with Crippen LogP contribution in [0.25, 0.3) is 10.9 Å². The minimum absolute atomic E-state index is 0.00781. The van der Waals surface area contributed by atoms with Gasteiger partial charge in [0.05, 0.1) is 51.9 Å². The lowest BCUT2D eigenvalue weighted by Gasteiger charge is -2.19. The molecule has 0 unspecified atom stereocenters. The average molecular weight is 916 g/mol. The Labute approximate surface area is 371 Å². The van der Waals surface area contributed by atoms with Gasteiger partial charge in [-0.25, -0.2) is 4.79 Å². The van der Waals surface area contributed by atoms with Gasteiger partial charge in [-0.05, 0) is 37.3 Å². The molecule has 356 valence electrons. The van der Waals surface area contributed by atoms with Crippen LogP contribution in [0.4, 0.5) is 0 Å². The standard InChI is InChI=1S/C37H57N17O11/c38-22(6-3-9-43-36(39)40)33(62)51-16-29(58)48-14-27(56)46-13-26(55)47-15-28(57)49-19-32(61)54-25(11-20-12-45-23-7-2-1-5-21(20)23)34(63)52-17-30(59)50-18-31(60)53-24(35(64)65)8-4-10-44-37(41)42/h1-2,5,7,12,22,24-25,45H,3-4,6,8-11,13-19,38H2,(H,46,56)(H,47,55)(H,48,58)(H,49,57)(H,50,59)(H,51,62)(H,52,63)(H,53,60)(H,54,61)(H,64,65)(H4,39,40,43)(H4,41,42,44)/t22-,24-,25-/m0/s1. The van der Waals surface area contributed by atoms with Crippen molar-refractivity contribution in [3.8, 4) is 0 Å². The zero-order chi connectivity index (χ0) is 48.3. The molecule has 0 aliphatic heterocycles. The number of H-pyrrole nitrogens is 1. The van der Waals surface area contributed by atoms with Crippen LogP contribution in [0.15, 0.2) is 40.4 Å². The Balaban J connectivity index is 1.79. The molecule has 65 heavy (non-hydrogen) atoms. The van der Waals surface area contributed by atoms with Crippen molar-refractivity contribution in [2.24, 2.45) is 38.7 Å². The first-order chi connectivity index (χ1) is 30.8. The van der Waals surface area contributed by atoms with Gasteiger partial charge < -0.3 is 86.6 Å². The Hall–Kier alpha value is -8.04. The predicted molar refractivity (Wildman–Crippen MR) is 232 cm³/mol. The maximum Gasteiger partial charge on any atom is 0.326 e. The molecule has 1 aromatic carbocycles. The quantitative estimate of drug-likeness (QED) is 0.0205. The summed E-state index contributed by atoms with van der Waals surface area (Å²) in [6.07, 6.45) is 2.52. The highest BCUT2D eigenvalue weighted by atomic mass is 16.4. The maximum absolute atomic E-state index is 13.3. The molecule has 0 aliphatic rings. The van der Waals surface area contributed by atoms with Crippen molar-refractivity contribution < 1.29 is 53.1 Å². The first-order valence-electron chi connectivity index (χ1n) is 20.0. The van der Waals surface area contributed by atoms with Crippen molar-refractivity contribution in [3.05, 3.63) is 36.0 Å². The summed E-state index contributed by atoms with van der Waals surface area (Å²) in [5.74, 6) is -8.45. The molecule has 0 radical (unpaired) electrons. The zero-order valence-corrected chi connectivity index (χ0v) is 35.3. The monoisotopic (exact) mass is 915 g/mol. The van der Waals surface area contributed by atoms with Crippen LogP contribution in [0.3, 0.4) is 0 Å². The molecule has 1 aromatic heterocycles. The number of carboxylic acid groups (broad SMARTS) is 1. The van der Waals surface area contributed by atoms with E-state index in [0.717, 1.165) is 10.9 Å². The Kier molecular flexibility index (Phi) is 23.3. The largest absolute Gasteiger partial charge is 0.480 e. The number of nitrogens with one attached hydrogen (secondary N) is 10. The van der Waals surface area contributed by atoms with Crippen LogP contribution in [0.2, 0.25) is 0 Å². The normalized spacial score (nSPS) is 11.8. The molecule has 2 aromatic rings. The summed E-state index contributed by atoms with van der Waals surface area (Å²) in [4.78, 5) is 134. The van der Waals surface area contributed by atoms with Gasteiger partial charge in [0.15, 0.2) is 11.9 Å². The molecule has 28 nitrogen and oxygen atoms in total. The highest BCUT2D eigenvalue weighted by Crippen LogP contribution is 2.19. The number of rotatable bonds is 29. The van der Waals surface area contributed by atoms with Crippen LogP contribution in [0.1, 0.15) is 31.2 Å². The smallest absolute Gasteiger partial charge is 0.326 e. The average Bonchev–Trinajstić information content (AvgIpc) is 3.67. The number of hydrogen-bond acceptors (Lipinski definition) is 13. The van der Waals surface area contributed by atoms with E-state index in [0.29, 0.717) is 12.0 Å². The number of carboxylic acids is 1. The van der Waals surface area contributed by atoms with E-state index in [1.54, 1.807) is 30.5 Å². The summed E-state index contributed by atoms with van der Waals surface area (Å²) in [5.41, 5.74) is 28.1. The first-order valence-corrected chi connectivity index (χ1v) is 20.0. The van der Waals surface area contributed by atoms with Crippen molar-refractivity contribution in [1.82, 2.24) is 52.8 Å². The Morgan fingerprint density at radius 3 is 1.45 bits per heavy atom. The fraction of sp³-hybridized carbons (Fsp3) is 0.459. The molecule has 0 saturated carbocycles. The second-order valence-electron chi connectivity index (χ2n) is 14.0. The second-order valence-corrected chi connectivity index (χ2v) is 14.0.